The van der Waals surface area contributed by atoms with Crippen molar-refractivity contribution in [2.45, 2.75) is 12.3 Å². The summed E-state index contributed by atoms with van der Waals surface area (Å²) in [6.45, 7) is -7.49. The van der Waals surface area contributed by atoms with Crippen molar-refractivity contribution in [2.24, 2.45) is 0 Å². The van der Waals surface area contributed by atoms with Gasteiger partial charge in [0.15, 0.2) is 0 Å². The minimum atomic E-state index is -4.66. The van der Waals surface area contributed by atoms with Crippen LogP contribution in [-0.2, 0) is 10.9 Å². The van der Waals surface area contributed by atoms with Crippen LogP contribution in [0.2, 0.25) is 0 Å². The first-order valence-electron chi connectivity index (χ1n) is 10.6. The lowest BCUT2D eigenvalue weighted by molar-refractivity contribution is -0.136. The fraction of sp³-hybridized carbons (Fsp3) is 0.200. The molecule has 3 aromatic rings. The van der Waals surface area contributed by atoms with Crippen molar-refractivity contribution in [3.8, 4) is 0 Å². The SMILES string of the molecule is [2H]C([2H])(O)C([2H])(O)C([2H])([2H])OC(=O)c1ccccc1Nc1ccnc2c(C(F)(F)F)cccc12. The highest BCUT2D eigenvalue weighted by Crippen LogP contribution is 2.36. The highest BCUT2D eigenvalue weighted by Gasteiger charge is 2.33. The number of esters is 1. The normalized spacial score (nSPS) is 17.2. The molecule has 0 radical (unpaired) electrons. The van der Waals surface area contributed by atoms with E-state index in [4.69, 9.17) is 6.85 Å². The summed E-state index contributed by atoms with van der Waals surface area (Å²) in [5.41, 5.74) is -1.57. The zero-order valence-electron chi connectivity index (χ0n) is 19.5. The van der Waals surface area contributed by atoms with Crippen molar-refractivity contribution in [1.82, 2.24) is 4.98 Å². The molecule has 6 nitrogen and oxygen atoms in total. The van der Waals surface area contributed by atoms with Gasteiger partial charge in [0, 0.05) is 17.3 Å². The third-order valence-corrected chi connectivity index (χ3v) is 3.84. The van der Waals surface area contributed by atoms with Crippen molar-refractivity contribution in [1.29, 1.82) is 0 Å². The monoisotopic (exact) mass is 411 g/mol. The number of alkyl halides is 3. The number of benzene rings is 2. The first-order chi connectivity index (χ1) is 15.6. The molecule has 29 heavy (non-hydrogen) atoms. The molecule has 152 valence electrons. The number of nitrogens with zero attached hydrogens (tertiary/aromatic N) is 1. The van der Waals surface area contributed by atoms with Gasteiger partial charge < -0.3 is 20.3 Å². The number of ether oxygens (including phenoxy) is 1. The summed E-state index contributed by atoms with van der Waals surface area (Å²) in [5.74, 6) is -1.45. The second kappa shape index (κ2) is 8.46. The Bertz CT molecular complexity index is 1230. The lowest BCUT2D eigenvalue weighted by Crippen LogP contribution is -2.22. The van der Waals surface area contributed by atoms with E-state index in [9.17, 15) is 28.2 Å². The van der Waals surface area contributed by atoms with Crippen LogP contribution in [0.3, 0.4) is 0 Å². The quantitative estimate of drug-likeness (QED) is 0.538. The number of carbonyl (C=O) groups excluding carboxylic acids is 1. The van der Waals surface area contributed by atoms with Crippen molar-refractivity contribution in [2.75, 3.05) is 18.4 Å². The van der Waals surface area contributed by atoms with E-state index in [2.05, 4.69) is 15.0 Å². The minimum absolute atomic E-state index is 0.0336. The Morgan fingerprint density at radius 1 is 1.21 bits per heavy atom. The van der Waals surface area contributed by atoms with Crippen molar-refractivity contribution < 1.29 is 39.8 Å². The number of hydrogen-bond donors (Lipinski definition) is 3. The number of hydrogen-bond acceptors (Lipinski definition) is 6. The fourth-order valence-corrected chi connectivity index (χ4v) is 2.60. The molecule has 1 aromatic heterocycles. The summed E-state index contributed by atoms with van der Waals surface area (Å²) in [4.78, 5) is 16.4. The largest absolute Gasteiger partial charge is 0.459 e. The average Bonchev–Trinajstić information content (AvgIpc) is 2.72. The number of pyridine rings is 1. The maximum absolute atomic E-state index is 13.3. The number of aromatic nitrogens is 1. The smallest absolute Gasteiger partial charge is 0.418 e. The van der Waals surface area contributed by atoms with Gasteiger partial charge in [-0.05, 0) is 24.3 Å². The maximum Gasteiger partial charge on any atom is 0.418 e. The Hall–Kier alpha value is -3.17. The molecule has 0 saturated carbocycles. The molecule has 1 atom stereocenters. The van der Waals surface area contributed by atoms with E-state index in [0.717, 1.165) is 12.3 Å². The molecule has 0 amide bonds. The predicted octanol–water partition coefficient (Wildman–Crippen LogP) is 3.51. The van der Waals surface area contributed by atoms with E-state index < -0.39 is 36.9 Å². The number of halogens is 3. The first-order valence-corrected chi connectivity index (χ1v) is 8.05. The number of anilines is 2. The number of fused-ring (bicyclic) bond motifs is 1. The topological polar surface area (TPSA) is 91.7 Å². The fourth-order valence-electron chi connectivity index (χ4n) is 2.60. The van der Waals surface area contributed by atoms with Gasteiger partial charge >= 0.3 is 12.1 Å². The third kappa shape index (κ3) is 4.64. The summed E-state index contributed by atoms with van der Waals surface area (Å²) in [6, 6.07) is 10.1. The highest BCUT2D eigenvalue weighted by atomic mass is 19.4. The Morgan fingerprint density at radius 3 is 2.69 bits per heavy atom. The van der Waals surface area contributed by atoms with E-state index in [1.807, 2.05) is 0 Å². The summed E-state index contributed by atoms with van der Waals surface area (Å²) in [5, 5.41) is 21.9. The van der Waals surface area contributed by atoms with Crippen LogP contribution in [0.25, 0.3) is 10.9 Å². The summed E-state index contributed by atoms with van der Waals surface area (Å²) in [7, 11) is 0. The van der Waals surface area contributed by atoms with Crippen molar-refractivity contribution in [3.05, 3.63) is 65.9 Å². The number of rotatable bonds is 6. The molecule has 0 fully saturated rings. The number of carbonyl (C=O) groups is 1. The van der Waals surface area contributed by atoms with Crippen LogP contribution in [0.15, 0.2) is 54.7 Å². The molecule has 0 aliphatic rings. The van der Waals surface area contributed by atoms with Crippen molar-refractivity contribution in [3.63, 3.8) is 0 Å². The van der Waals surface area contributed by atoms with Crippen LogP contribution in [0.5, 0.6) is 0 Å². The molecular formula is C20H17F3N2O4. The highest BCUT2D eigenvalue weighted by molar-refractivity contribution is 6.00. The lowest BCUT2D eigenvalue weighted by atomic mass is 10.1. The molecule has 0 bridgehead atoms. The molecule has 0 spiro atoms. The predicted molar refractivity (Wildman–Crippen MR) is 99.8 cm³/mol. The van der Waals surface area contributed by atoms with Gasteiger partial charge in [0.25, 0.3) is 0 Å². The number of para-hydroxylation sites is 2. The Morgan fingerprint density at radius 2 is 1.97 bits per heavy atom. The average molecular weight is 411 g/mol. The Labute approximate surface area is 170 Å². The Kier molecular flexibility index (Phi) is 4.31. The number of aliphatic hydroxyl groups is 2. The minimum Gasteiger partial charge on any atom is -0.459 e. The molecular weight excluding hydrogens is 389 g/mol. The van der Waals surface area contributed by atoms with Gasteiger partial charge in [0.05, 0.1) is 35.7 Å². The molecule has 0 aliphatic heterocycles. The standard InChI is InChI=1S/C20H17F3N2O4/c21-20(22,23)15-6-3-5-13-17(8-9-24-18(13)15)25-16-7-2-1-4-14(16)19(28)29-11-12(27)10-26/h1-9,12,26-27H,10-11H2,(H,24,25)/i10D2,11D2,12D. The van der Waals surface area contributed by atoms with E-state index in [1.165, 1.54) is 42.5 Å². The maximum atomic E-state index is 13.3. The van der Waals surface area contributed by atoms with Gasteiger partial charge in [0.2, 0.25) is 0 Å². The molecule has 9 heteroatoms. The summed E-state index contributed by atoms with van der Waals surface area (Å²) < 4.78 is 81.2. The van der Waals surface area contributed by atoms with Crippen LogP contribution in [0, 0.1) is 0 Å². The summed E-state index contributed by atoms with van der Waals surface area (Å²) in [6.07, 6.45) is -7.42. The van der Waals surface area contributed by atoms with Gasteiger partial charge in [-0.3, -0.25) is 4.98 Å². The second-order valence-electron chi connectivity index (χ2n) is 5.68. The van der Waals surface area contributed by atoms with E-state index in [1.54, 1.807) is 0 Å². The van der Waals surface area contributed by atoms with Gasteiger partial charge in [-0.15, -0.1) is 0 Å². The molecule has 1 unspecified atom stereocenters. The molecule has 3 rings (SSSR count). The van der Waals surface area contributed by atoms with E-state index in [-0.39, 0.29) is 27.8 Å². The third-order valence-electron chi connectivity index (χ3n) is 3.84. The van der Waals surface area contributed by atoms with E-state index in [0.29, 0.717) is 0 Å². The molecule has 0 saturated heterocycles. The van der Waals surface area contributed by atoms with Crippen LogP contribution < -0.4 is 5.32 Å². The Balaban J connectivity index is 1.99. The molecule has 3 N–H and O–H groups in total. The summed E-state index contributed by atoms with van der Waals surface area (Å²) >= 11 is 0. The van der Waals surface area contributed by atoms with Crippen LogP contribution >= 0.6 is 0 Å². The van der Waals surface area contributed by atoms with Gasteiger partial charge in [-0.1, -0.05) is 24.3 Å². The number of nitrogens with one attached hydrogen (secondary N) is 1. The lowest BCUT2D eigenvalue weighted by Gasteiger charge is -2.15. The van der Waals surface area contributed by atoms with Crippen LogP contribution in [0.1, 0.15) is 22.8 Å². The van der Waals surface area contributed by atoms with Crippen molar-refractivity contribution >= 4 is 28.2 Å². The van der Waals surface area contributed by atoms with Crippen LogP contribution in [0.4, 0.5) is 24.5 Å². The van der Waals surface area contributed by atoms with Gasteiger partial charge in [0.1, 0.15) is 12.6 Å². The second-order valence-corrected chi connectivity index (χ2v) is 5.68. The van der Waals surface area contributed by atoms with Gasteiger partial charge in [-0.2, -0.15) is 13.2 Å². The zero-order valence-corrected chi connectivity index (χ0v) is 14.5. The first kappa shape index (κ1) is 14.8. The van der Waals surface area contributed by atoms with Gasteiger partial charge in [-0.25, -0.2) is 4.79 Å². The molecule has 1 heterocycles. The van der Waals surface area contributed by atoms with Crippen LogP contribution in [-0.4, -0.2) is 40.4 Å². The molecule has 2 aromatic carbocycles. The zero-order chi connectivity index (χ0) is 25.5. The van der Waals surface area contributed by atoms with E-state index >= 15 is 0 Å². The molecule has 0 aliphatic carbocycles.